The number of rotatable bonds is 6. The van der Waals surface area contributed by atoms with E-state index >= 15 is 0 Å². The quantitative estimate of drug-likeness (QED) is 0.454. The molecular weight excluding hydrogens is 338 g/mol. The highest BCUT2D eigenvalue weighted by Crippen LogP contribution is 2.29. The second-order valence-corrected chi connectivity index (χ2v) is 6.02. The molecule has 0 saturated heterocycles. The Morgan fingerprint density at radius 1 is 1.28 bits per heavy atom. The topological polar surface area (TPSA) is 76.4 Å². The van der Waals surface area contributed by atoms with Crippen molar-refractivity contribution in [1.82, 2.24) is 5.32 Å². The molecule has 0 saturated carbocycles. The molecule has 0 bridgehead atoms. The summed E-state index contributed by atoms with van der Waals surface area (Å²) in [4.78, 5) is 10.4. The smallest absolute Gasteiger partial charge is 0.273 e. The average Bonchev–Trinajstić information content (AvgIpc) is 2.60. The van der Waals surface area contributed by atoms with Gasteiger partial charge in [0, 0.05) is 6.07 Å². The number of hydrogen-bond donors (Lipinski definition) is 2. The van der Waals surface area contributed by atoms with Gasteiger partial charge in [-0.3, -0.25) is 10.1 Å². The molecule has 0 spiro atoms. The summed E-state index contributed by atoms with van der Waals surface area (Å²) in [5.74, 6) is 0.363. The lowest BCUT2D eigenvalue weighted by Crippen LogP contribution is -2.32. The summed E-state index contributed by atoms with van der Waals surface area (Å²) in [5, 5.41) is 17.6. The fourth-order valence-corrected chi connectivity index (χ4v) is 2.69. The number of benzene rings is 2. The van der Waals surface area contributed by atoms with Crippen LogP contribution in [0.15, 0.2) is 42.5 Å². The predicted molar refractivity (Wildman–Crippen MR) is 103 cm³/mol. The standard InChI is InChI=1S/C18H21N3O3S/c1-4-15(13-7-5-12(2)6-8-13)19-18(25)20-16-10-9-14(21(22)23)11-17(16)24-3/h5-11,15H,4H2,1-3H3,(H2,19,20,25). The molecule has 0 heterocycles. The normalized spacial score (nSPS) is 11.5. The van der Waals surface area contributed by atoms with Gasteiger partial charge >= 0.3 is 0 Å². The van der Waals surface area contributed by atoms with Crippen molar-refractivity contribution < 1.29 is 9.66 Å². The van der Waals surface area contributed by atoms with Gasteiger partial charge in [0.15, 0.2) is 5.11 Å². The molecule has 0 radical (unpaired) electrons. The van der Waals surface area contributed by atoms with Crippen LogP contribution in [0.2, 0.25) is 0 Å². The number of anilines is 1. The highest BCUT2D eigenvalue weighted by Gasteiger charge is 2.14. The maximum absolute atomic E-state index is 10.9. The van der Waals surface area contributed by atoms with Crippen molar-refractivity contribution in [1.29, 1.82) is 0 Å². The molecule has 2 aromatic carbocycles. The molecule has 1 atom stereocenters. The molecule has 0 aromatic heterocycles. The highest BCUT2D eigenvalue weighted by atomic mass is 32.1. The molecule has 6 nitrogen and oxygen atoms in total. The third-order valence-electron chi connectivity index (χ3n) is 3.84. The zero-order valence-electron chi connectivity index (χ0n) is 14.4. The maximum Gasteiger partial charge on any atom is 0.273 e. The Morgan fingerprint density at radius 3 is 2.52 bits per heavy atom. The summed E-state index contributed by atoms with van der Waals surface area (Å²) in [7, 11) is 1.46. The molecule has 0 amide bonds. The van der Waals surface area contributed by atoms with E-state index in [0.29, 0.717) is 16.5 Å². The fraction of sp³-hybridized carbons (Fsp3) is 0.278. The summed E-state index contributed by atoms with van der Waals surface area (Å²) in [6.45, 7) is 4.12. The van der Waals surface area contributed by atoms with Crippen LogP contribution in [-0.2, 0) is 0 Å². The zero-order chi connectivity index (χ0) is 18.4. The molecule has 132 valence electrons. The summed E-state index contributed by atoms with van der Waals surface area (Å²) in [5.41, 5.74) is 2.89. The van der Waals surface area contributed by atoms with E-state index in [2.05, 4.69) is 41.8 Å². The average molecular weight is 359 g/mol. The van der Waals surface area contributed by atoms with Crippen molar-refractivity contribution in [3.8, 4) is 5.75 Å². The Kier molecular flexibility index (Phi) is 6.30. The first-order valence-corrected chi connectivity index (χ1v) is 8.32. The van der Waals surface area contributed by atoms with Crippen LogP contribution in [0.1, 0.15) is 30.5 Å². The van der Waals surface area contributed by atoms with Gasteiger partial charge in [0.1, 0.15) is 5.75 Å². The molecule has 2 aromatic rings. The van der Waals surface area contributed by atoms with Crippen LogP contribution in [0.5, 0.6) is 5.75 Å². The Labute approximate surface area is 152 Å². The predicted octanol–water partition coefficient (Wildman–Crippen LogP) is 4.35. The minimum Gasteiger partial charge on any atom is -0.494 e. The number of hydrogen-bond acceptors (Lipinski definition) is 4. The molecule has 2 N–H and O–H groups in total. The number of nitrogens with one attached hydrogen (secondary N) is 2. The Hall–Kier alpha value is -2.67. The van der Waals surface area contributed by atoms with Gasteiger partial charge in [-0.15, -0.1) is 0 Å². The van der Waals surface area contributed by atoms with Crippen molar-refractivity contribution in [2.75, 3.05) is 12.4 Å². The van der Waals surface area contributed by atoms with Crippen LogP contribution in [-0.4, -0.2) is 17.1 Å². The van der Waals surface area contributed by atoms with E-state index in [0.717, 1.165) is 12.0 Å². The van der Waals surface area contributed by atoms with Crippen LogP contribution < -0.4 is 15.4 Å². The Bertz CT molecular complexity index is 763. The van der Waals surface area contributed by atoms with E-state index in [4.69, 9.17) is 17.0 Å². The van der Waals surface area contributed by atoms with Crippen LogP contribution in [0.25, 0.3) is 0 Å². The lowest BCUT2D eigenvalue weighted by atomic mass is 10.0. The first-order chi connectivity index (χ1) is 11.9. The summed E-state index contributed by atoms with van der Waals surface area (Å²) in [6.07, 6.45) is 0.863. The highest BCUT2D eigenvalue weighted by molar-refractivity contribution is 7.80. The van der Waals surface area contributed by atoms with Gasteiger partial charge in [0.2, 0.25) is 0 Å². The maximum atomic E-state index is 10.9. The number of aryl methyl sites for hydroxylation is 1. The van der Waals surface area contributed by atoms with E-state index in [1.54, 1.807) is 6.07 Å². The van der Waals surface area contributed by atoms with E-state index in [9.17, 15) is 10.1 Å². The van der Waals surface area contributed by atoms with E-state index in [1.807, 2.05) is 6.92 Å². The molecule has 7 heteroatoms. The zero-order valence-corrected chi connectivity index (χ0v) is 15.2. The van der Waals surface area contributed by atoms with Crippen LogP contribution >= 0.6 is 12.2 Å². The van der Waals surface area contributed by atoms with Crippen molar-refractivity contribution in [2.45, 2.75) is 26.3 Å². The van der Waals surface area contributed by atoms with Gasteiger partial charge < -0.3 is 15.4 Å². The lowest BCUT2D eigenvalue weighted by molar-refractivity contribution is -0.384. The van der Waals surface area contributed by atoms with E-state index < -0.39 is 4.92 Å². The van der Waals surface area contributed by atoms with E-state index in [1.165, 1.54) is 24.8 Å². The number of ether oxygens (including phenoxy) is 1. The molecule has 0 aliphatic heterocycles. The second kappa shape index (κ2) is 8.43. The fourth-order valence-electron chi connectivity index (χ4n) is 2.43. The van der Waals surface area contributed by atoms with Gasteiger partial charge in [0.05, 0.1) is 29.8 Å². The lowest BCUT2D eigenvalue weighted by Gasteiger charge is -2.21. The molecule has 2 rings (SSSR count). The first kappa shape index (κ1) is 18.7. The molecular formula is C18H21N3O3S. The van der Waals surface area contributed by atoms with Gasteiger partial charge in [0.25, 0.3) is 5.69 Å². The number of non-ortho nitro benzene ring substituents is 1. The number of methoxy groups -OCH3 is 1. The van der Waals surface area contributed by atoms with Crippen LogP contribution in [0.3, 0.4) is 0 Å². The van der Waals surface area contributed by atoms with Crippen molar-refractivity contribution >= 4 is 28.7 Å². The molecule has 25 heavy (non-hydrogen) atoms. The van der Waals surface area contributed by atoms with E-state index in [-0.39, 0.29) is 11.7 Å². The van der Waals surface area contributed by atoms with Gasteiger partial charge in [-0.1, -0.05) is 36.8 Å². The van der Waals surface area contributed by atoms with Crippen LogP contribution in [0, 0.1) is 17.0 Å². The Balaban J connectivity index is 2.10. The number of nitro groups is 1. The molecule has 0 aliphatic carbocycles. The third kappa shape index (κ3) is 4.90. The molecule has 1 unspecified atom stereocenters. The van der Waals surface area contributed by atoms with Crippen molar-refractivity contribution in [3.63, 3.8) is 0 Å². The summed E-state index contributed by atoms with van der Waals surface area (Å²) in [6, 6.07) is 12.7. The summed E-state index contributed by atoms with van der Waals surface area (Å²) < 4.78 is 5.21. The largest absolute Gasteiger partial charge is 0.494 e. The number of nitrogens with zero attached hydrogens (tertiary/aromatic N) is 1. The molecule has 0 aliphatic rings. The van der Waals surface area contributed by atoms with Crippen molar-refractivity contribution in [3.05, 3.63) is 63.7 Å². The van der Waals surface area contributed by atoms with Gasteiger partial charge in [-0.05, 0) is 37.2 Å². The number of nitro benzene ring substituents is 1. The van der Waals surface area contributed by atoms with Gasteiger partial charge in [-0.2, -0.15) is 0 Å². The SMILES string of the molecule is CCC(NC(=S)Nc1ccc([N+](=O)[O-])cc1OC)c1ccc(C)cc1. The summed E-state index contributed by atoms with van der Waals surface area (Å²) >= 11 is 5.38. The Morgan fingerprint density at radius 2 is 1.96 bits per heavy atom. The van der Waals surface area contributed by atoms with Gasteiger partial charge in [-0.25, -0.2) is 0 Å². The number of thiocarbonyl (C=S) groups is 1. The van der Waals surface area contributed by atoms with Crippen LogP contribution in [0.4, 0.5) is 11.4 Å². The van der Waals surface area contributed by atoms with Crippen molar-refractivity contribution in [2.24, 2.45) is 0 Å². The third-order valence-corrected chi connectivity index (χ3v) is 4.06. The molecule has 0 fully saturated rings. The first-order valence-electron chi connectivity index (χ1n) is 7.91. The minimum atomic E-state index is -0.465. The monoisotopic (exact) mass is 359 g/mol. The minimum absolute atomic E-state index is 0.0348. The second-order valence-electron chi connectivity index (χ2n) is 5.61.